The molecule has 0 radical (unpaired) electrons. The monoisotopic (exact) mass is 557 g/mol. The Morgan fingerprint density at radius 2 is 2.05 bits per heavy atom. The van der Waals surface area contributed by atoms with Crippen LogP contribution in [0.1, 0.15) is 45.6 Å². The number of alkyl carbamates (subject to hydrolysis) is 1. The molecule has 6 rings (SSSR count). The van der Waals surface area contributed by atoms with Gasteiger partial charge in [-0.15, -0.1) is 0 Å². The van der Waals surface area contributed by atoms with Crippen molar-refractivity contribution in [1.29, 1.82) is 0 Å². The molecule has 208 valence electrons. The van der Waals surface area contributed by atoms with E-state index in [0.29, 0.717) is 39.7 Å². The number of carbonyl (C=O) groups excluding carboxylic acids is 1. The van der Waals surface area contributed by atoms with E-state index in [-0.39, 0.29) is 23.6 Å². The fraction of sp³-hybridized carbons (Fsp3) is 0.556. The zero-order chi connectivity index (χ0) is 27.3. The Hall–Kier alpha value is -3.18. The minimum Gasteiger partial charge on any atom is -0.446 e. The second-order valence-electron chi connectivity index (χ2n) is 11.2. The molecular weight excluding hydrogens is 525 g/mol. The molecule has 4 heterocycles. The van der Waals surface area contributed by atoms with E-state index in [1.54, 1.807) is 7.05 Å². The number of nitrogens with zero attached hydrogens (tertiary/aromatic N) is 5. The van der Waals surface area contributed by atoms with E-state index in [4.69, 9.17) is 26.1 Å². The first-order valence-corrected chi connectivity index (χ1v) is 13.8. The lowest BCUT2D eigenvalue weighted by atomic mass is 9.78. The van der Waals surface area contributed by atoms with Crippen molar-refractivity contribution in [3.63, 3.8) is 0 Å². The molecule has 3 aliphatic rings. The van der Waals surface area contributed by atoms with Crippen LogP contribution in [0, 0.1) is 11.2 Å². The highest BCUT2D eigenvalue weighted by atomic mass is 35.5. The molecule has 2 unspecified atom stereocenters. The number of amides is 1. The van der Waals surface area contributed by atoms with Crippen molar-refractivity contribution >= 4 is 40.6 Å². The number of imidazole rings is 1. The maximum absolute atomic E-state index is 15.5. The molecule has 1 aromatic carbocycles. The summed E-state index contributed by atoms with van der Waals surface area (Å²) in [4.78, 5) is 27.6. The molecule has 3 aromatic rings. The van der Waals surface area contributed by atoms with Crippen LogP contribution in [0.5, 0.6) is 0 Å². The number of rotatable bonds is 6. The molecule has 1 saturated carbocycles. The summed E-state index contributed by atoms with van der Waals surface area (Å²) in [6, 6.07) is 3.45. The number of nitrogens with one attached hydrogen (secondary N) is 2. The maximum Gasteiger partial charge on any atom is 0.407 e. The topological polar surface area (TPSA) is 106 Å². The summed E-state index contributed by atoms with van der Waals surface area (Å²) in [6.07, 6.45) is 4.19. The van der Waals surface area contributed by atoms with E-state index in [9.17, 15) is 4.79 Å². The van der Waals surface area contributed by atoms with Crippen molar-refractivity contribution in [2.24, 2.45) is 5.41 Å². The van der Waals surface area contributed by atoms with Gasteiger partial charge in [-0.3, -0.25) is 0 Å². The van der Waals surface area contributed by atoms with Crippen LogP contribution in [0.3, 0.4) is 0 Å². The molecule has 10 nitrogen and oxygen atoms in total. The van der Waals surface area contributed by atoms with Crippen LogP contribution in [0.25, 0.3) is 22.3 Å². The first kappa shape index (κ1) is 26.1. The van der Waals surface area contributed by atoms with E-state index in [1.807, 2.05) is 6.07 Å². The zero-order valence-corrected chi connectivity index (χ0v) is 23.1. The van der Waals surface area contributed by atoms with Crippen molar-refractivity contribution in [3.05, 3.63) is 29.2 Å². The third kappa shape index (κ3) is 4.86. The molecule has 3 fully saturated rings. The van der Waals surface area contributed by atoms with Crippen LogP contribution in [-0.2, 0) is 9.47 Å². The number of hydrogen-bond acceptors (Lipinski definition) is 8. The Morgan fingerprint density at radius 3 is 2.74 bits per heavy atom. The van der Waals surface area contributed by atoms with Gasteiger partial charge in [-0.1, -0.05) is 11.6 Å². The average molecular weight is 558 g/mol. The van der Waals surface area contributed by atoms with Gasteiger partial charge < -0.3 is 29.6 Å². The molecule has 12 heteroatoms. The predicted molar refractivity (Wildman–Crippen MR) is 147 cm³/mol. The Kier molecular flexibility index (Phi) is 6.74. The van der Waals surface area contributed by atoms with Crippen LogP contribution in [0.2, 0.25) is 5.02 Å². The molecule has 1 aliphatic carbocycles. The van der Waals surface area contributed by atoms with Crippen molar-refractivity contribution in [2.45, 2.75) is 57.7 Å². The summed E-state index contributed by atoms with van der Waals surface area (Å²) < 4.78 is 28.5. The average Bonchev–Trinajstić information content (AvgIpc) is 3.23. The lowest BCUT2D eigenvalue weighted by Crippen LogP contribution is -2.66. The van der Waals surface area contributed by atoms with Crippen molar-refractivity contribution < 1.29 is 18.7 Å². The standard InChI is InChI=1S/C27H33ClFN7O3/c1-15(2)36-21-8-16(7-20(29)23(21)34-25(36)35-11-27(12-35)13-38-14-27)22-19(28)10-31-24(33-22)32-17-5-4-6-18(9-17)39-26(37)30-3/h7-8,10,15,17-18H,4-6,9,11-14H2,1-3H3,(H,30,37)(H,31,32,33). The van der Waals surface area contributed by atoms with Gasteiger partial charge in [0.15, 0.2) is 5.82 Å². The van der Waals surface area contributed by atoms with E-state index >= 15 is 4.39 Å². The summed E-state index contributed by atoms with van der Waals surface area (Å²) >= 11 is 6.53. The lowest BCUT2D eigenvalue weighted by Gasteiger charge is -2.55. The van der Waals surface area contributed by atoms with Crippen LogP contribution < -0.4 is 15.5 Å². The van der Waals surface area contributed by atoms with Gasteiger partial charge in [-0.2, -0.15) is 0 Å². The van der Waals surface area contributed by atoms with Crippen LogP contribution in [0.4, 0.5) is 21.1 Å². The smallest absolute Gasteiger partial charge is 0.407 e. The van der Waals surface area contributed by atoms with Crippen LogP contribution >= 0.6 is 11.6 Å². The summed E-state index contributed by atoms with van der Waals surface area (Å²) in [6.45, 7) is 7.41. The summed E-state index contributed by atoms with van der Waals surface area (Å²) in [5, 5.41) is 6.18. The third-order valence-corrected chi connectivity index (χ3v) is 8.13. The largest absolute Gasteiger partial charge is 0.446 e. The van der Waals surface area contributed by atoms with E-state index < -0.39 is 11.9 Å². The lowest BCUT2D eigenvalue weighted by molar-refractivity contribution is -0.127. The Balaban J connectivity index is 1.28. The molecule has 39 heavy (non-hydrogen) atoms. The first-order chi connectivity index (χ1) is 18.7. The number of benzene rings is 1. The molecule has 2 saturated heterocycles. The molecule has 1 amide bonds. The van der Waals surface area contributed by atoms with Gasteiger partial charge in [0.1, 0.15) is 11.6 Å². The molecule has 2 N–H and O–H groups in total. The molecular formula is C27H33ClFN7O3. The predicted octanol–water partition coefficient (Wildman–Crippen LogP) is 4.78. The summed E-state index contributed by atoms with van der Waals surface area (Å²) in [7, 11) is 1.55. The molecule has 2 aliphatic heterocycles. The first-order valence-electron chi connectivity index (χ1n) is 13.5. The Bertz CT molecular complexity index is 1400. The second-order valence-corrected chi connectivity index (χ2v) is 11.6. The Morgan fingerprint density at radius 1 is 1.26 bits per heavy atom. The SMILES string of the molecule is CNC(=O)OC1CCCC(Nc2ncc(Cl)c(-c3cc(F)c4nc(N5CC6(COC6)C5)n(C(C)C)c4c3)n2)C1. The molecule has 1 spiro atoms. The number of halogens is 2. The Labute approximate surface area is 231 Å². The van der Waals surface area contributed by atoms with E-state index in [2.05, 4.69) is 43.9 Å². The fourth-order valence-electron chi connectivity index (χ4n) is 5.90. The minimum absolute atomic E-state index is 0.0347. The molecule has 2 atom stereocenters. The molecule has 0 bridgehead atoms. The van der Waals surface area contributed by atoms with Gasteiger partial charge in [-0.25, -0.2) is 24.1 Å². The zero-order valence-electron chi connectivity index (χ0n) is 22.3. The van der Waals surface area contributed by atoms with E-state index in [1.165, 1.54) is 12.3 Å². The number of anilines is 2. The molecule has 2 aromatic heterocycles. The number of fused-ring (bicyclic) bond motifs is 1. The summed E-state index contributed by atoms with van der Waals surface area (Å²) in [5.74, 6) is 0.749. The van der Waals surface area contributed by atoms with Crippen molar-refractivity contribution in [2.75, 3.05) is 43.6 Å². The van der Waals surface area contributed by atoms with Gasteiger partial charge in [0.05, 0.1) is 41.1 Å². The normalized spacial score (nSPS) is 22.1. The number of carbonyl (C=O) groups is 1. The number of aromatic nitrogens is 4. The van der Waals surface area contributed by atoms with Gasteiger partial charge in [0.2, 0.25) is 11.9 Å². The quantitative estimate of drug-likeness (QED) is 0.446. The maximum atomic E-state index is 15.5. The minimum atomic E-state index is -0.433. The number of ether oxygens (including phenoxy) is 2. The fourth-order valence-corrected chi connectivity index (χ4v) is 6.10. The van der Waals surface area contributed by atoms with Crippen LogP contribution in [0.15, 0.2) is 18.3 Å². The van der Waals surface area contributed by atoms with Gasteiger partial charge in [-0.05, 0) is 45.2 Å². The van der Waals surface area contributed by atoms with Crippen LogP contribution in [-0.4, -0.2) is 71.1 Å². The highest BCUT2D eigenvalue weighted by molar-refractivity contribution is 6.33. The highest BCUT2D eigenvalue weighted by Crippen LogP contribution is 2.42. The summed E-state index contributed by atoms with van der Waals surface area (Å²) in [5.41, 5.74) is 2.25. The number of hydrogen-bond donors (Lipinski definition) is 2. The second kappa shape index (κ2) is 10.1. The van der Waals surface area contributed by atoms with Gasteiger partial charge in [0.25, 0.3) is 0 Å². The highest BCUT2D eigenvalue weighted by Gasteiger charge is 2.50. The van der Waals surface area contributed by atoms with Crippen molar-refractivity contribution in [1.82, 2.24) is 24.8 Å². The van der Waals surface area contributed by atoms with Gasteiger partial charge >= 0.3 is 6.09 Å². The third-order valence-electron chi connectivity index (χ3n) is 7.85. The van der Waals surface area contributed by atoms with Crippen molar-refractivity contribution in [3.8, 4) is 11.3 Å². The van der Waals surface area contributed by atoms with Gasteiger partial charge in [0, 0.05) is 44.2 Å². The van der Waals surface area contributed by atoms with E-state index in [0.717, 1.165) is 51.5 Å².